The standard InChI is InChI=1S/C23H27IN2O7S/c1-4-32-17-10-15(9-16(24)21(17)33-13-20(28)31-3)11-18-22(29)26(23(30)34-18)12-19(27)25-7-5-14(2)6-8-25/h9-11,14H,4-8,12-13H2,1-3H3/b18-11+. The van der Waals surface area contributed by atoms with E-state index in [9.17, 15) is 19.2 Å². The number of hydrogen-bond acceptors (Lipinski definition) is 8. The van der Waals surface area contributed by atoms with Crippen LogP contribution in [0.3, 0.4) is 0 Å². The number of amides is 3. The van der Waals surface area contributed by atoms with Crippen molar-refractivity contribution in [1.29, 1.82) is 0 Å². The fourth-order valence-corrected chi connectivity index (χ4v) is 5.16. The first-order valence-corrected chi connectivity index (χ1v) is 12.8. The molecule has 2 aliphatic rings. The normalized spacial score (nSPS) is 17.9. The average molecular weight is 602 g/mol. The highest BCUT2D eigenvalue weighted by molar-refractivity contribution is 14.1. The second-order valence-corrected chi connectivity index (χ2v) is 10.1. The zero-order chi connectivity index (χ0) is 24.8. The SMILES string of the molecule is CCOc1cc(/C=C2/SC(=O)N(CC(=O)N3CCC(C)CC3)C2=O)cc(I)c1OCC(=O)OC. The largest absolute Gasteiger partial charge is 0.490 e. The minimum atomic E-state index is -0.524. The Balaban J connectivity index is 1.75. The van der Waals surface area contributed by atoms with E-state index in [1.54, 1.807) is 23.1 Å². The van der Waals surface area contributed by atoms with E-state index in [2.05, 4.69) is 11.7 Å². The van der Waals surface area contributed by atoms with E-state index < -0.39 is 17.1 Å². The number of rotatable bonds is 8. The van der Waals surface area contributed by atoms with E-state index >= 15 is 0 Å². The van der Waals surface area contributed by atoms with Crippen molar-refractivity contribution >= 4 is 63.5 Å². The Morgan fingerprint density at radius 2 is 1.91 bits per heavy atom. The Labute approximate surface area is 216 Å². The first kappa shape index (κ1) is 26.3. The number of carbonyl (C=O) groups is 4. The molecule has 0 radical (unpaired) electrons. The molecule has 0 saturated carbocycles. The second-order valence-electron chi connectivity index (χ2n) is 7.96. The third-order valence-electron chi connectivity index (χ3n) is 5.49. The third-order valence-corrected chi connectivity index (χ3v) is 7.20. The summed E-state index contributed by atoms with van der Waals surface area (Å²) in [6, 6.07) is 3.43. The fraction of sp³-hybridized carbons (Fsp3) is 0.478. The number of likely N-dealkylation sites (tertiary alicyclic amines) is 1. The number of hydrogen-bond donors (Lipinski definition) is 0. The van der Waals surface area contributed by atoms with Crippen molar-refractivity contribution in [3.63, 3.8) is 0 Å². The molecule has 3 amide bonds. The molecule has 1 aromatic rings. The second kappa shape index (κ2) is 11.9. The molecule has 2 heterocycles. The summed E-state index contributed by atoms with van der Waals surface area (Å²) in [6.07, 6.45) is 3.44. The average Bonchev–Trinajstić information content (AvgIpc) is 3.06. The lowest BCUT2D eigenvalue weighted by atomic mass is 9.99. The van der Waals surface area contributed by atoms with Crippen LogP contribution in [0.4, 0.5) is 4.79 Å². The van der Waals surface area contributed by atoms with E-state index in [0.29, 0.717) is 46.2 Å². The Bertz CT molecular complexity index is 1010. The zero-order valence-corrected chi connectivity index (χ0v) is 22.3. The van der Waals surface area contributed by atoms with Crippen LogP contribution in [0, 0.1) is 9.49 Å². The van der Waals surface area contributed by atoms with Crippen LogP contribution in [-0.4, -0.2) is 72.8 Å². The molecular formula is C23H27IN2O7S. The number of imide groups is 1. The summed E-state index contributed by atoms with van der Waals surface area (Å²) in [4.78, 5) is 52.4. The highest BCUT2D eigenvalue weighted by atomic mass is 127. The summed E-state index contributed by atoms with van der Waals surface area (Å²) < 4.78 is 16.5. The van der Waals surface area contributed by atoms with Crippen molar-refractivity contribution < 1.29 is 33.4 Å². The number of ether oxygens (including phenoxy) is 3. The molecule has 9 nitrogen and oxygen atoms in total. The van der Waals surface area contributed by atoms with Crippen molar-refractivity contribution in [3.05, 3.63) is 26.2 Å². The van der Waals surface area contributed by atoms with Crippen LogP contribution in [-0.2, 0) is 19.1 Å². The molecule has 34 heavy (non-hydrogen) atoms. The van der Waals surface area contributed by atoms with Crippen molar-refractivity contribution in [3.8, 4) is 11.5 Å². The molecule has 2 aliphatic heterocycles. The summed E-state index contributed by atoms with van der Waals surface area (Å²) in [7, 11) is 1.27. The molecule has 2 fully saturated rings. The van der Waals surface area contributed by atoms with Gasteiger partial charge in [-0.2, -0.15) is 0 Å². The van der Waals surface area contributed by atoms with Gasteiger partial charge in [0.1, 0.15) is 6.54 Å². The van der Waals surface area contributed by atoms with Crippen LogP contribution < -0.4 is 9.47 Å². The van der Waals surface area contributed by atoms with Crippen molar-refractivity contribution in [2.45, 2.75) is 26.7 Å². The molecule has 0 atom stereocenters. The van der Waals surface area contributed by atoms with Gasteiger partial charge >= 0.3 is 5.97 Å². The van der Waals surface area contributed by atoms with Crippen LogP contribution in [0.5, 0.6) is 11.5 Å². The first-order chi connectivity index (χ1) is 16.2. The maximum absolute atomic E-state index is 12.9. The molecule has 2 saturated heterocycles. The van der Waals surface area contributed by atoms with Crippen molar-refractivity contribution in [1.82, 2.24) is 9.80 Å². The molecule has 0 bridgehead atoms. The van der Waals surface area contributed by atoms with Gasteiger partial charge in [0, 0.05) is 13.1 Å². The summed E-state index contributed by atoms with van der Waals surface area (Å²) >= 11 is 2.85. The van der Waals surface area contributed by atoms with E-state index in [1.165, 1.54) is 7.11 Å². The summed E-state index contributed by atoms with van der Waals surface area (Å²) in [5.41, 5.74) is 0.625. The van der Waals surface area contributed by atoms with Gasteiger partial charge in [0.15, 0.2) is 18.1 Å². The van der Waals surface area contributed by atoms with Gasteiger partial charge in [0.25, 0.3) is 11.1 Å². The summed E-state index contributed by atoms with van der Waals surface area (Å²) in [5, 5.41) is -0.465. The van der Waals surface area contributed by atoms with Gasteiger partial charge < -0.3 is 19.1 Å². The van der Waals surface area contributed by atoms with Gasteiger partial charge in [0.2, 0.25) is 5.91 Å². The quantitative estimate of drug-likeness (QED) is 0.253. The molecule has 0 unspecified atom stereocenters. The van der Waals surface area contributed by atoms with Crippen LogP contribution >= 0.6 is 34.4 Å². The van der Waals surface area contributed by atoms with Crippen LogP contribution in [0.25, 0.3) is 6.08 Å². The van der Waals surface area contributed by atoms with Crippen molar-refractivity contribution in [2.75, 3.05) is 40.0 Å². The number of thioether (sulfide) groups is 1. The number of methoxy groups -OCH3 is 1. The Morgan fingerprint density at radius 3 is 2.56 bits per heavy atom. The van der Waals surface area contributed by atoms with Crippen molar-refractivity contribution in [2.24, 2.45) is 5.92 Å². The Hall–Kier alpha value is -2.28. The summed E-state index contributed by atoms with van der Waals surface area (Å²) in [6.45, 7) is 5.10. The molecular weight excluding hydrogens is 575 g/mol. The lowest BCUT2D eigenvalue weighted by Gasteiger charge is -2.31. The third kappa shape index (κ3) is 6.44. The van der Waals surface area contributed by atoms with E-state index in [-0.39, 0.29) is 24.0 Å². The molecule has 184 valence electrons. The molecule has 0 spiro atoms. The zero-order valence-electron chi connectivity index (χ0n) is 19.3. The molecule has 0 aliphatic carbocycles. The molecule has 1 aromatic carbocycles. The number of halogens is 1. The minimum absolute atomic E-state index is 0.212. The Morgan fingerprint density at radius 1 is 1.21 bits per heavy atom. The van der Waals surface area contributed by atoms with Gasteiger partial charge in [-0.1, -0.05) is 6.92 Å². The van der Waals surface area contributed by atoms with E-state index in [4.69, 9.17) is 9.47 Å². The van der Waals surface area contributed by atoms with Gasteiger partial charge in [-0.15, -0.1) is 0 Å². The lowest BCUT2D eigenvalue weighted by Crippen LogP contribution is -2.45. The smallest absolute Gasteiger partial charge is 0.343 e. The molecule has 0 aromatic heterocycles. The molecule has 0 N–H and O–H groups in total. The number of carbonyl (C=O) groups excluding carboxylic acids is 4. The predicted octanol–water partition coefficient (Wildman–Crippen LogP) is 3.54. The first-order valence-electron chi connectivity index (χ1n) is 10.9. The maximum atomic E-state index is 12.9. The Kier molecular flexibility index (Phi) is 9.23. The topological polar surface area (TPSA) is 102 Å². The van der Waals surface area contributed by atoms with Gasteiger partial charge in [-0.3, -0.25) is 19.3 Å². The lowest BCUT2D eigenvalue weighted by molar-refractivity contribution is -0.143. The molecule has 3 rings (SSSR count). The van der Waals surface area contributed by atoms with Gasteiger partial charge in [-0.25, -0.2) is 4.79 Å². The molecule has 11 heteroatoms. The maximum Gasteiger partial charge on any atom is 0.343 e. The fourth-order valence-electron chi connectivity index (χ4n) is 3.55. The number of benzene rings is 1. The van der Waals surface area contributed by atoms with Crippen LogP contribution in [0.2, 0.25) is 0 Å². The predicted molar refractivity (Wildman–Crippen MR) is 135 cm³/mol. The number of nitrogens with zero attached hydrogens (tertiary/aromatic N) is 2. The number of esters is 1. The van der Waals surface area contributed by atoms with Gasteiger partial charge in [0.05, 0.1) is 22.2 Å². The highest BCUT2D eigenvalue weighted by Crippen LogP contribution is 2.37. The minimum Gasteiger partial charge on any atom is -0.490 e. The monoisotopic (exact) mass is 602 g/mol. The number of piperidine rings is 1. The van der Waals surface area contributed by atoms with Gasteiger partial charge in [-0.05, 0) is 83.8 Å². The van der Waals surface area contributed by atoms with E-state index in [0.717, 1.165) is 29.5 Å². The summed E-state index contributed by atoms with van der Waals surface area (Å²) in [5.74, 6) is 0.136. The van der Waals surface area contributed by atoms with Crippen LogP contribution in [0.1, 0.15) is 32.3 Å². The van der Waals surface area contributed by atoms with E-state index in [1.807, 2.05) is 29.5 Å². The highest BCUT2D eigenvalue weighted by Gasteiger charge is 2.37. The van der Waals surface area contributed by atoms with Crippen LogP contribution in [0.15, 0.2) is 17.0 Å².